The highest BCUT2D eigenvalue weighted by Gasteiger charge is 2.41. The molecular weight excluding hydrogens is 659 g/mol. The van der Waals surface area contributed by atoms with Gasteiger partial charge in [-0.05, 0) is 67.3 Å². The van der Waals surface area contributed by atoms with Crippen LogP contribution in [0.25, 0.3) is 0 Å². The number of aromatic nitrogens is 3. The zero-order valence-corrected chi connectivity index (χ0v) is 29.8. The van der Waals surface area contributed by atoms with E-state index in [0.29, 0.717) is 51.6 Å². The molecule has 1 aromatic heterocycles. The lowest BCUT2D eigenvalue weighted by Crippen LogP contribution is -2.51. The first-order valence-corrected chi connectivity index (χ1v) is 18.7. The van der Waals surface area contributed by atoms with Gasteiger partial charge in [-0.2, -0.15) is 5.10 Å². The Morgan fingerprint density at radius 2 is 1.74 bits per heavy atom. The molecule has 4 aromatic rings. The summed E-state index contributed by atoms with van der Waals surface area (Å²) in [6.07, 6.45) is 3.94. The first-order chi connectivity index (χ1) is 24.4. The largest absolute Gasteiger partial charge is 0.497 e. The Bertz CT molecular complexity index is 1750. The van der Waals surface area contributed by atoms with E-state index in [9.17, 15) is 8.42 Å². The number of ether oxygens (including phenoxy) is 5. The Balaban J connectivity index is 1.34. The van der Waals surface area contributed by atoms with E-state index in [4.69, 9.17) is 23.7 Å². The summed E-state index contributed by atoms with van der Waals surface area (Å²) in [7, 11) is -0.695. The summed E-state index contributed by atoms with van der Waals surface area (Å²) in [5, 5.41) is 7.65. The molecule has 0 radical (unpaired) electrons. The second-order valence-corrected chi connectivity index (χ2v) is 14.6. The summed E-state index contributed by atoms with van der Waals surface area (Å²) in [5.41, 5.74) is 2.04. The molecule has 0 aliphatic carbocycles. The fourth-order valence-corrected chi connectivity index (χ4v) is 8.19. The van der Waals surface area contributed by atoms with Crippen LogP contribution in [0.15, 0.2) is 84.3 Å². The standard InChI is InChI=1S/C37H47N5O7S/c1-27-6-13-31(14-7-27)50(43,44)37(29-10-15-33-32(22-29)41(18-21-48-33)16-4-19-45-2)49-35-24-38-23-34(47-20-5-17-42-26-39-25-40-42)36(35)28-8-11-30(46-3)12-9-28/h6-15,22,25-26,34-38H,4-5,16-21,23-24H2,1-3H3/t34-,35+,36+,37?/m1/s1. The molecule has 2 aliphatic rings. The van der Waals surface area contributed by atoms with Crippen molar-refractivity contribution in [2.75, 3.05) is 65.1 Å². The number of aryl methyl sites for hydroxylation is 2. The lowest BCUT2D eigenvalue weighted by molar-refractivity contribution is -0.0649. The molecule has 6 rings (SSSR count). The summed E-state index contributed by atoms with van der Waals surface area (Å²) in [6.45, 7) is 6.75. The van der Waals surface area contributed by atoms with Crippen LogP contribution in [0.5, 0.6) is 11.5 Å². The second-order valence-electron chi connectivity index (χ2n) is 12.7. The maximum atomic E-state index is 14.6. The number of methoxy groups -OCH3 is 2. The van der Waals surface area contributed by atoms with E-state index in [1.54, 1.807) is 37.4 Å². The van der Waals surface area contributed by atoms with Crippen LogP contribution in [0.2, 0.25) is 0 Å². The highest BCUT2D eigenvalue weighted by molar-refractivity contribution is 7.91. The van der Waals surface area contributed by atoms with Crippen LogP contribution in [0.3, 0.4) is 0 Å². The number of anilines is 1. The highest BCUT2D eigenvalue weighted by atomic mass is 32.2. The third-order valence-corrected chi connectivity index (χ3v) is 11.1. The van der Waals surface area contributed by atoms with Crippen LogP contribution in [0.4, 0.5) is 5.69 Å². The first kappa shape index (κ1) is 35.8. The summed E-state index contributed by atoms with van der Waals surface area (Å²) >= 11 is 0. The molecule has 3 aromatic carbocycles. The third kappa shape index (κ3) is 8.47. The molecule has 0 amide bonds. The zero-order chi connectivity index (χ0) is 34.9. The molecule has 0 spiro atoms. The van der Waals surface area contributed by atoms with Gasteiger partial charge < -0.3 is 33.9 Å². The van der Waals surface area contributed by atoms with Gasteiger partial charge in [-0.15, -0.1) is 0 Å². The molecule has 0 bridgehead atoms. The summed E-state index contributed by atoms with van der Waals surface area (Å²) in [6, 6.07) is 20.4. The average Bonchev–Trinajstić information content (AvgIpc) is 3.66. The predicted octanol–water partition coefficient (Wildman–Crippen LogP) is 4.55. The highest BCUT2D eigenvalue weighted by Crippen LogP contribution is 2.41. The number of nitrogens with zero attached hydrogens (tertiary/aromatic N) is 4. The van der Waals surface area contributed by atoms with E-state index in [1.807, 2.05) is 61.5 Å². The molecule has 13 heteroatoms. The van der Waals surface area contributed by atoms with Gasteiger partial charge in [0.25, 0.3) is 0 Å². The molecule has 2 aliphatic heterocycles. The minimum Gasteiger partial charge on any atom is -0.497 e. The van der Waals surface area contributed by atoms with Crippen LogP contribution < -0.4 is 19.7 Å². The molecule has 4 atom stereocenters. The predicted molar refractivity (Wildman–Crippen MR) is 190 cm³/mol. The van der Waals surface area contributed by atoms with E-state index in [1.165, 1.54) is 6.33 Å². The normalized spacial score (nSPS) is 19.8. The maximum absolute atomic E-state index is 14.6. The zero-order valence-electron chi connectivity index (χ0n) is 28.9. The number of fused-ring (bicyclic) bond motifs is 1. The van der Waals surface area contributed by atoms with Gasteiger partial charge in [0.2, 0.25) is 9.84 Å². The number of hydrogen-bond acceptors (Lipinski definition) is 11. The van der Waals surface area contributed by atoms with Crippen LogP contribution in [0.1, 0.15) is 40.9 Å². The topological polar surface area (TPSA) is 126 Å². The van der Waals surface area contributed by atoms with Crippen molar-refractivity contribution in [3.63, 3.8) is 0 Å². The third-order valence-electron chi connectivity index (χ3n) is 9.24. The molecular formula is C37H47N5O7S. The van der Waals surface area contributed by atoms with E-state index in [0.717, 1.165) is 47.7 Å². The summed E-state index contributed by atoms with van der Waals surface area (Å²) in [4.78, 5) is 6.44. The number of sulfone groups is 1. The van der Waals surface area contributed by atoms with Crippen molar-refractivity contribution in [3.8, 4) is 11.5 Å². The van der Waals surface area contributed by atoms with E-state index in [2.05, 4.69) is 20.3 Å². The van der Waals surface area contributed by atoms with Gasteiger partial charge >= 0.3 is 0 Å². The Labute approximate surface area is 294 Å². The minimum atomic E-state index is -4.02. The molecule has 1 N–H and O–H groups in total. The van der Waals surface area contributed by atoms with E-state index >= 15 is 0 Å². The number of nitrogens with one attached hydrogen (secondary N) is 1. The Hall–Kier alpha value is -4.01. The molecule has 0 saturated carbocycles. The second kappa shape index (κ2) is 16.8. The van der Waals surface area contributed by atoms with Crippen LogP contribution in [0, 0.1) is 6.92 Å². The van der Waals surface area contributed by atoms with E-state index < -0.39 is 21.4 Å². The van der Waals surface area contributed by atoms with Crippen molar-refractivity contribution in [1.29, 1.82) is 0 Å². The van der Waals surface area contributed by atoms with Gasteiger partial charge in [-0.1, -0.05) is 35.9 Å². The van der Waals surface area contributed by atoms with Crippen molar-refractivity contribution >= 4 is 15.5 Å². The minimum absolute atomic E-state index is 0.199. The molecule has 1 saturated heterocycles. The van der Waals surface area contributed by atoms with Gasteiger partial charge in [-0.25, -0.2) is 13.4 Å². The van der Waals surface area contributed by atoms with Gasteiger partial charge in [0.1, 0.15) is 30.8 Å². The molecule has 12 nitrogen and oxygen atoms in total. The number of benzene rings is 3. The van der Waals surface area contributed by atoms with Crippen molar-refractivity contribution < 1.29 is 32.1 Å². The molecule has 1 unspecified atom stereocenters. The van der Waals surface area contributed by atoms with Gasteiger partial charge in [0.15, 0.2) is 5.44 Å². The van der Waals surface area contributed by atoms with Gasteiger partial charge in [0.05, 0.1) is 36.4 Å². The Morgan fingerprint density at radius 1 is 0.960 bits per heavy atom. The smallest absolute Gasteiger partial charge is 0.209 e. The van der Waals surface area contributed by atoms with Crippen LogP contribution >= 0.6 is 0 Å². The van der Waals surface area contributed by atoms with Crippen LogP contribution in [-0.2, 0) is 30.6 Å². The monoisotopic (exact) mass is 705 g/mol. The lowest BCUT2D eigenvalue weighted by atomic mass is 9.85. The summed E-state index contributed by atoms with van der Waals surface area (Å²) in [5.74, 6) is 1.19. The molecule has 268 valence electrons. The number of piperidine rings is 1. The average molecular weight is 706 g/mol. The van der Waals surface area contributed by atoms with Crippen molar-refractivity contribution in [2.24, 2.45) is 0 Å². The first-order valence-electron chi connectivity index (χ1n) is 17.1. The van der Waals surface area contributed by atoms with E-state index in [-0.39, 0.29) is 16.9 Å². The Morgan fingerprint density at radius 3 is 2.48 bits per heavy atom. The van der Waals surface area contributed by atoms with Crippen molar-refractivity contribution in [2.45, 2.75) is 54.8 Å². The fourth-order valence-electron chi connectivity index (χ4n) is 6.63. The number of hydrogen-bond donors (Lipinski definition) is 1. The molecule has 1 fully saturated rings. The van der Waals surface area contributed by atoms with Crippen LogP contribution in [-0.4, -0.2) is 95.6 Å². The quantitative estimate of drug-likeness (QED) is 0.165. The molecule has 3 heterocycles. The lowest BCUT2D eigenvalue weighted by Gasteiger charge is -2.40. The fraction of sp³-hybridized carbons (Fsp3) is 0.459. The number of rotatable bonds is 16. The SMILES string of the molecule is COCCCN1CCOc2ccc(C(O[C@H]3CNC[C@@H](OCCCn4cncn4)[C@@H]3c3ccc(OC)cc3)S(=O)(=O)c3ccc(C)cc3)cc21. The summed E-state index contributed by atoms with van der Waals surface area (Å²) < 4.78 is 61.2. The van der Waals surface area contributed by atoms with Crippen molar-refractivity contribution in [1.82, 2.24) is 20.1 Å². The molecule has 50 heavy (non-hydrogen) atoms. The van der Waals surface area contributed by atoms with Gasteiger partial charge in [-0.3, -0.25) is 4.68 Å². The van der Waals surface area contributed by atoms with Gasteiger partial charge in [0, 0.05) is 52.4 Å². The maximum Gasteiger partial charge on any atom is 0.209 e. The van der Waals surface area contributed by atoms with Crippen molar-refractivity contribution in [3.05, 3.63) is 96.1 Å². The Kier molecular flexibility index (Phi) is 12.0.